The van der Waals surface area contributed by atoms with Crippen molar-refractivity contribution in [2.24, 2.45) is 0 Å². The van der Waals surface area contributed by atoms with Crippen LogP contribution in [0.1, 0.15) is 10.6 Å². The van der Waals surface area contributed by atoms with Crippen LogP contribution in [0.5, 0.6) is 0 Å². The lowest BCUT2D eigenvalue weighted by molar-refractivity contribution is -0.132. The first kappa shape index (κ1) is 18.0. The lowest BCUT2D eigenvalue weighted by Gasteiger charge is -2.16. The van der Waals surface area contributed by atoms with Gasteiger partial charge < -0.3 is 10.2 Å². The number of carbonyl (C=O) groups is 2. The van der Waals surface area contributed by atoms with Gasteiger partial charge in [0.25, 0.3) is 0 Å². The molecule has 7 heteroatoms. The minimum absolute atomic E-state index is 0.0343. The van der Waals surface area contributed by atoms with Gasteiger partial charge in [0.2, 0.25) is 11.8 Å². The molecule has 26 heavy (non-hydrogen) atoms. The van der Waals surface area contributed by atoms with E-state index < -0.39 is 0 Å². The van der Waals surface area contributed by atoms with Crippen molar-refractivity contribution in [2.75, 3.05) is 13.6 Å². The van der Waals surface area contributed by atoms with E-state index in [0.29, 0.717) is 12.1 Å². The molecule has 3 rings (SSSR count). The minimum Gasteiger partial charge on any atom is -0.347 e. The molecule has 0 fully saturated rings. The zero-order chi connectivity index (χ0) is 18.5. The maximum absolute atomic E-state index is 13.1. The van der Waals surface area contributed by atoms with Gasteiger partial charge in [-0.05, 0) is 29.8 Å². The molecular formula is C19H18FN3O2S. The number of hydrogen-bond donors (Lipinski definition) is 1. The smallest absolute Gasteiger partial charge is 0.242 e. The monoisotopic (exact) mass is 371 g/mol. The van der Waals surface area contributed by atoms with E-state index in [2.05, 4.69) is 10.3 Å². The van der Waals surface area contributed by atoms with Gasteiger partial charge in [-0.1, -0.05) is 24.3 Å². The SMILES string of the molecule is CN(Cc1nc2ccccc2s1)C(=O)CNC(=O)Cc1cccc(F)c1. The Kier molecular flexibility index (Phi) is 5.58. The topological polar surface area (TPSA) is 62.3 Å². The summed E-state index contributed by atoms with van der Waals surface area (Å²) < 4.78 is 14.2. The Labute approximate surface area is 154 Å². The number of hydrogen-bond acceptors (Lipinski definition) is 4. The molecule has 0 radical (unpaired) electrons. The maximum atomic E-state index is 13.1. The summed E-state index contributed by atoms with van der Waals surface area (Å²) in [5.74, 6) is -0.920. The Balaban J connectivity index is 1.50. The molecule has 2 amide bonds. The van der Waals surface area contributed by atoms with E-state index >= 15 is 0 Å². The van der Waals surface area contributed by atoms with Crippen LogP contribution in [0.25, 0.3) is 10.2 Å². The highest BCUT2D eigenvalue weighted by Crippen LogP contribution is 2.22. The molecular weight excluding hydrogens is 353 g/mol. The number of amides is 2. The number of aromatic nitrogens is 1. The number of nitrogens with one attached hydrogen (secondary N) is 1. The number of thiazole rings is 1. The lowest BCUT2D eigenvalue weighted by Crippen LogP contribution is -2.38. The van der Waals surface area contributed by atoms with E-state index in [1.165, 1.54) is 17.0 Å². The summed E-state index contributed by atoms with van der Waals surface area (Å²) in [5, 5.41) is 3.41. The Morgan fingerprint density at radius 2 is 2.00 bits per heavy atom. The second-order valence-electron chi connectivity index (χ2n) is 5.91. The second-order valence-corrected chi connectivity index (χ2v) is 7.02. The number of benzene rings is 2. The van der Waals surface area contributed by atoms with Gasteiger partial charge in [0.15, 0.2) is 0 Å². The highest BCUT2D eigenvalue weighted by atomic mass is 32.1. The molecule has 0 bridgehead atoms. The van der Waals surface area contributed by atoms with Gasteiger partial charge in [-0.3, -0.25) is 9.59 Å². The van der Waals surface area contributed by atoms with Gasteiger partial charge in [-0.2, -0.15) is 0 Å². The van der Waals surface area contributed by atoms with Crippen LogP contribution in [0.2, 0.25) is 0 Å². The van der Waals surface area contributed by atoms with Crippen LogP contribution >= 0.6 is 11.3 Å². The lowest BCUT2D eigenvalue weighted by atomic mass is 10.1. The highest BCUT2D eigenvalue weighted by Gasteiger charge is 2.13. The summed E-state index contributed by atoms with van der Waals surface area (Å²) in [4.78, 5) is 30.1. The first-order chi connectivity index (χ1) is 12.5. The summed E-state index contributed by atoms with van der Waals surface area (Å²) in [6.07, 6.45) is 0.0343. The van der Waals surface area contributed by atoms with Crippen molar-refractivity contribution in [3.8, 4) is 0 Å². The molecule has 0 aliphatic heterocycles. The van der Waals surface area contributed by atoms with E-state index in [0.717, 1.165) is 15.2 Å². The zero-order valence-electron chi connectivity index (χ0n) is 14.2. The molecule has 0 spiro atoms. The second kappa shape index (κ2) is 8.05. The third kappa shape index (κ3) is 4.64. The van der Waals surface area contributed by atoms with Crippen molar-refractivity contribution in [1.29, 1.82) is 0 Å². The summed E-state index contributed by atoms with van der Waals surface area (Å²) in [5.41, 5.74) is 1.48. The van der Waals surface area contributed by atoms with Gasteiger partial charge >= 0.3 is 0 Å². The number of fused-ring (bicyclic) bond motifs is 1. The molecule has 0 saturated carbocycles. The van der Waals surface area contributed by atoms with Crippen LogP contribution in [0, 0.1) is 5.82 Å². The standard InChI is InChI=1S/C19H18FN3O2S/c1-23(12-18-22-15-7-2-3-8-16(15)26-18)19(25)11-21-17(24)10-13-5-4-6-14(20)9-13/h2-9H,10-12H2,1H3,(H,21,24). The van der Waals surface area contributed by atoms with Crippen molar-refractivity contribution in [3.63, 3.8) is 0 Å². The van der Waals surface area contributed by atoms with Crippen molar-refractivity contribution in [2.45, 2.75) is 13.0 Å². The molecule has 5 nitrogen and oxygen atoms in total. The van der Waals surface area contributed by atoms with E-state index in [1.807, 2.05) is 24.3 Å². The number of nitrogens with zero attached hydrogens (tertiary/aromatic N) is 2. The number of likely N-dealkylation sites (N-methyl/N-ethyl adjacent to an activating group) is 1. The molecule has 0 unspecified atom stereocenters. The van der Waals surface area contributed by atoms with Gasteiger partial charge in [-0.25, -0.2) is 9.37 Å². The normalized spacial score (nSPS) is 10.7. The molecule has 134 valence electrons. The minimum atomic E-state index is -0.387. The van der Waals surface area contributed by atoms with E-state index in [9.17, 15) is 14.0 Å². The zero-order valence-corrected chi connectivity index (χ0v) is 15.1. The van der Waals surface area contributed by atoms with Crippen LogP contribution in [-0.2, 0) is 22.6 Å². The first-order valence-corrected chi connectivity index (χ1v) is 8.92. The molecule has 0 aliphatic rings. The summed E-state index contributed by atoms with van der Waals surface area (Å²) in [7, 11) is 1.67. The van der Waals surface area contributed by atoms with Crippen LogP contribution in [0.3, 0.4) is 0 Å². The van der Waals surface area contributed by atoms with Gasteiger partial charge in [0.05, 0.1) is 29.7 Å². The van der Waals surface area contributed by atoms with Crippen LogP contribution in [-0.4, -0.2) is 35.3 Å². The van der Waals surface area contributed by atoms with Gasteiger partial charge in [-0.15, -0.1) is 11.3 Å². The van der Waals surface area contributed by atoms with Crippen molar-refractivity contribution >= 4 is 33.4 Å². The van der Waals surface area contributed by atoms with Crippen molar-refractivity contribution in [1.82, 2.24) is 15.2 Å². The summed E-state index contributed by atoms with van der Waals surface area (Å²) in [6.45, 7) is 0.285. The average Bonchev–Trinajstić information content (AvgIpc) is 3.01. The van der Waals surface area contributed by atoms with E-state index in [-0.39, 0.29) is 30.6 Å². The predicted octanol–water partition coefficient (Wildman–Crippen LogP) is 2.75. The molecule has 3 aromatic rings. The fraction of sp³-hybridized carbons (Fsp3) is 0.211. The molecule has 0 atom stereocenters. The van der Waals surface area contributed by atoms with Crippen LogP contribution in [0.4, 0.5) is 4.39 Å². The third-order valence-corrected chi connectivity index (χ3v) is 4.85. The third-order valence-electron chi connectivity index (χ3n) is 3.83. The number of halogens is 1. The number of rotatable bonds is 6. The van der Waals surface area contributed by atoms with Gasteiger partial charge in [0, 0.05) is 7.05 Å². The molecule has 1 N–H and O–H groups in total. The molecule has 0 saturated heterocycles. The van der Waals surface area contributed by atoms with Gasteiger partial charge in [0.1, 0.15) is 10.8 Å². The number of para-hydroxylation sites is 1. The Hall–Kier alpha value is -2.80. The fourth-order valence-corrected chi connectivity index (χ4v) is 3.50. The Morgan fingerprint density at radius 1 is 1.19 bits per heavy atom. The van der Waals surface area contributed by atoms with Crippen molar-refractivity contribution in [3.05, 3.63) is 64.9 Å². The number of carbonyl (C=O) groups excluding carboxylic acids is 2. The molecule has 1 heterocycles. The fourth-order valence-electron chi connectivity index (χ4n) is 2.48. The van der Waals surface area contributed by atoms with Crippen LogP contribution in [0.15, 0.2) is 48.5 Å². The molecule has 0 aliphatic carbocycles. The first-order valence-electron chi connectivity index (χ1n) is 8.11. The quantitative estimate of drug-likeness (QED) is 0.725. The van der Waals surface area contributed by atoms with Crippen LogP contribution < -0.4 is 5.32 Å². The van der Waals surface area contributed by atoms with Crippen molar-refractivity contribution < 1.29 is 14.0 Å². The predicted molar refractivity (Wildman–Crippen MR) is 99.2 cm³/mol. The van der Waals surface area contributed by atoms with E-state index in [4.69, 9.17) is 0 Å². The summed E-state index contributed by atoms with van der Waals surface area (Å²) >= 11 is 1.54. The summed E-state index contributed by atoms with van der Waals surface area (Å²) in [6, 6.07) is 13.7. The highest BCUT2D eigenvalue weighted by molar-refractivity contribution is 7.18. The average molecular weight is 371 g/mol. The largest absolute Gasteiger partial charge is 0.347 e. The molecule has 1 aromatic heterocycles. The Bertz CT molecular complexity index is 908. The van der Waals surface area contributed by atoms with E-state index in [1.54, 1.807) is 30.5 Å². The maximum Gasteiger partial charge on any atom is 0.242 e. The molecule has 2 aromatic carbocycles. The Morgan fingerprint density at radius 3 is 2.77 bits per heavy atom.